The molecule has 2 N–H and O–H groups in total. The number of aryl methyl sites for hydroxylation is 1. The van der Waals surface area contributed by atoms with Gasteiger partial charge in [0.15, 0.2) is 11.4 Å². The lowest BCUT2D eigenvalue weighted by atomic mass is 9.98. The fraction of sp³-hybridized carbons (Fsp3) is 0.270. The second-order valence-electron chi connectivity index (χ2n) is 12.4. The van der Waals surface area contributed by atoms with Gasteiger partial charge in [0.05, 0.1) is 17.8 Å². The summed E-state index contributed by atoms with van der Waals surface area (Å²) in [5, 5.41) is 11.2. The van der Waals surface area contributed by atoms with Gasteiger partial charge in [-0.15, -0.1) is 0 Å². The van der Waals surface area contributed by atoms with Crippen LogP contribution in [0.4, 0.5) is 10.1 Å². The molecule has 2 aromatic heterocycles. The normalized spacial score (nSPS) is 18.2. The number of ether oxygens (including phenoxy) is 1. The van der Waals surface area contributed by atoms with E-state index in [0.717, 1.165) is 39.6 Å². The number of methoxy groups -OCH3 is 1. The van der Waals surface area contributed by atoms with Crippen molar-refractivity contribution >= 4 is 34.0 Å². The summed E-state index contributed by atoms with van der Waals surface area (Å²) in [6.07, 6.45) is 6.97. The molecule has 10 nitrogen and oxygen atoms in total. The van der Waals surface area contributed by atoms with E-state index in [1.165, 1.54) is 24.8 Å². The number of carbonyl (C=O) groups is 2. The van der Waals surface area contributed by atoms with Crippen LogP contribution in [0.1, 0.15) is 24.0 Å². The van der Waals surface area contributed by atoms with Crippen molar-refractivity contribution in [1.29, 1.82) is 0 Å². The van der Waals surface area contributed by atoms with Crippen LogP contribution in [0.3, 0.4) is 0 Å². The highest BCUT2D eigenvalue weighted by Crippen LogP contribution is 2.31. The number of H-pyrrole nitrogens is 1. The standard InChI is InChI=1S/C37H36FN7O3/c1-24-20-39-35(40-21-24)28-5-3-25(4-6-28)26-13-16-45(17-14-26)33(46)22-44-18-15-37(23-44,48-2)36(47)41-30-11-12-32-31(19-30)34(43-42-32)27-7-9-29(38)10-8-27/h3-13,19-21H,14-18,22-23H2,1-2H3,(H,41,47)(H,42,43)/t37-/m0/s1. The lowest BCUT2D eigenvalue weighted by Crippen LogP contribution is -2.48. The number of benzene rings is 3. The van der Waals surface area contributed by atoms with Crippen molar-refractivity contribution in [3.8, 4) is 22.6 Å². The van der Waals surface area contributed by atoms with E-state index in [1.807, 2.05) is 53.4 Å². The first-order chi connectivity index (χ1) is 23.3. The molecule has 1 saturated heterocycles. The van der Waals surface area contributed by atoms with Gasteiger partial charge in [0.25, 0.3) is 5.91 Å². The molecule has 0 saturated carbocycles. The number of aromatic amines is 1. The number of aromatic nitrogens is 4. The molecule has 2 aliphatic rings. The largest absolute Gasteiger partial charge is 0.367 e. The number of hydrogen-bond acceptors (Lipinski definition) is 7. The Morgan fingerprint density at radius 2 is 1.71 bits per heavy atom. The first-order valence-electron chi connectivity index (χ1n) is 16.0. The molecule has 0 unspecified atom stereocenters. The van der Waals surface area contributed by atoms with E-state index in [0.29, 0.717) is 49.8 Å². The molecule has 0 bridgehead atoms. The lowest BCUT2D eigenvalue weighted by molar-refractivity contribution is -0.138. The average molecular weight is 646 g/mol. The predicted molar refractivity (Wildman–Crippen MR) is 182 cm³/mol. The summed E-state index contributed by atoms with van der Waals surface area (Å²) < 4.78 is 19.3. The van der Waals surface area contributed by atoms with Gasteiger partial charge >= 0.3 is 0 Å². The zero-order valence-corrected chi connectivity index (χ0v) is 26.9. The monoisotopic (exact) mass is 645 g/mol. The van der Waals surface area contributed by atoms with Crippen LogP contribution in [0, 0.1) is 12.7 Å². The highest BCUT2D eigenvalue weighted by atomic mass is 19.1. The van der Waals surface area contributed by atoms with Crippen molar-refractivity contribution in [2.24, 2.45) is 0 Å². The third-order valence-electron chi connectivity index (χ3n) is 9.27. The first-order valence-corrected chi connectivity index (χ1v) is 16.0. The summed E-state index contributed by atoms with van der Waals surface area (Å²) in [6.45, 7) is 4.23. The fourth-order valence-electron chi connectivity index (χ4n) is 6.43. The van der Waals surface area contributed by atoms with Crippen LogP contribution in [-0.4, -0.2) is 87.2 Å². The highest BCUT2D eigenvalue weighted by Gasteiger charge is 2.45. The van der Waals surface area contributed by atoms with Crippen LogP contribution < -0.4 is 5.32 Å². The van der Waals surface area contributed by atoms with Crippen molar-refractivity contribution in [1.82, 2.24) is 30.0 Å². The minimum atomic E-state index is -1.09. The number of amides is 2. The van der Waals surface area contributed by atoms with Crippen LogP contribution in [0.2, 0.25) is 0 Å². The van der Waals surface area contributed by atoms with Gasteiger partial charge in [-0.3, -0.25) is 19.6 Å². The molecular weight excluding hydrogens is 609 g/mol. The molecule has 5 aromatic rings. The smallest absolute Gasteiger partial charge is 0.258 e. The number of nitrogens with zero attached hydrogens (tertiary/aromatic N) is 5. The molecule has 48 heavy (non-hydrogen) atoms. The Labute approximate surface area is 277 Å². The maximum Gasteiger partial charge on any atom is 0.258 e. The Morgan fingerprint density at radius 3 is 2.42 bits per heavy atom. The second-order valence-corrected chi connectivity index (χ2v) is 12.4. The maximum atomic E-state index is 13.6. The molecule has 1 fully saturated rings. The number of hydrogen-bond donors (Lipinski definition) is 2. The van der Waals surface area contributed by atoms with Gasteiger partial charge in [0.2, 0.25) is 5.91 Å². The van der Waals surface area contributed by atoms with Crippen LogP contribution in [0.5, 0.6) is 0 Å². The fourth-order valence-corrected chi connectivity index (χ4v) is 6.43. The van der Waals surface area contributed by atoms with Crippen molar-refractivity contribution < 1.29 is 18.7 Å². The van der Waals surface area contributed by atoms with E-state index in [9.17, 15) is 14.0 Å². The maximum absolute atomic E-state index is 13.6. The zero-order chi connectivity index (χ0) is 33.3. The van der Waals surface area contributed by atoms with Gasteiger partial charge in [-0.25, -0.2) is 14.4 Å². The number of anilines is 1. The molecule has 1 atom stereocenters. The Morgan fingerprint density at radius 1 is 0.979 bits per heavy atom. The summed E-state index contributed by atoms with van der Waals surface area (Å²) in [7, 11) is 1.54. The minimum absolute atomic E-state index is 0.0308. The summed E-state index contributed by atoms with van der Waals surface area (Å²) in [6, 6.07) is 19.9. The first kappa shape index (κ1) is 31.3. The molecule has 3 aromatic carbocycles. The number of likely N-dealkylation sites (tertiary alicyclic amines) is 1. The molecule has 0 aliphatic carbocycles. The van der Waals surface area contributed by atoms with Crippen molar-refractivity contribution in [2.45, 2.75) is 25.4 Å². The Hall–Kier alpha value is -5.26. The van der Waals surface area contributed by atoms with Crippen LogP contribution in [-0.2, 0) is 14.3 Å². The number of nitrogens with one attached hydrogen (secondary N) is 2. The van der Waals surface area contributed by atoms with Crippen molar-refractivity contribution in [2.75, 3.05) is 45.2 Å². The highest BCUT2D eigenvalue weighted by molar-refractivity contribution is 6.01. The molecule has 4 heterocycles. The van der Waals surface area contributed by atoms with Gasteiger partial charge in [-0.2, -0.15) is 5.10 Å². The second kappa shape index (κ2) is 13.1. The Balaban J connectivity index is 0.956. The number of rotatable bonds is 8. The molecule has 244 valence electrons. The van der Waals surface area contributed by atoms with Crippen molar-refractivity contribution in [3.05, 3.63) is 102 Å². The van der Waals surface area contributed by atoms with E-state index in [2.05, 4.69) is 43.7 Å². The summed E-state index contributed by atoms with van der Waals surface area (Å²) in [4.78, 5) is 39.6. The van der Waals surface area contributed by atoms with Crippen LogP contribution in [0.15, 0.2) is 85.2 Å². The number of carbonyl (C=O) groups excluding carboxylic acids is 2. The predicted octanol–water partition coefficient (Wildman–Crippen LogP) is 5.48. The molecular formula is C37H36FN7O3. The van der Waals surface area contributed by atoms with E-state index in [4.69, 9.17) is 4.74 Å². The van der Waals surface area contributed by atoms with E-state index < -0.39 is 5.60 Å². The summed E-state index contributed by atoms with van der Waals surface area (Å²) in [5.41, 5.74) is 6.07. The van der Waals surface area contributed by atoms with Gasteiger partial charge in [-0.1, -0.05) is 30.3 Å². The summed E-state index contributed by atoms with van der Waals surface area (Å²) >= 11 is 0. The Bertz CT molecular complexity index is 1990. The quantitative estimate of drug-likeness (QED) is 0.230. The Kier molecular flexibility index (Phi) is 8.55. The summed E-state index contributed by atoms with van der Waals surface area (Å²) in [5.74, 6) is 0.143. The van der Waals surface area contributed by atoms with E-state index in [-0.39, 0.29) is 24.2 Å². The third-order valence-corrected chi connectivity index (χ3v) is 9.27. The molecule has 0 spiro atoms. The topological polar surface area (TPSA) is 116 Å². The molecule has 0 radical (unpaired) electrons. The molecule has 2 aliphatic heterocycles. The van der Waals surface area contributed by atoms with Gasteiger partial charge in [0.1, 0.15) is 5.82 Å². The third kappa shape index (κ3) is 6.34. The van der Waals surface area contributed by atoms with Crippen LogP contribution in [0.25, 0.3) is 39.1 Å². The SMILES string of the molecule is CO[C@@]1(C(=O)Nc2ccc3[nH]nc(-c4ccc(F)cc4)c3c2)CCN(CC(=O)N2CC=C(c3ccc(-c4ncc(C)cn4)cc3)CC2)C1. The van der Waals surface area contributed by atoms with Gasteiger partial charge in [0, 0.05) is 67.9 Å². The van der Waals surface area contributed by atoms with E-state index in [1.54, 1.807) is 18.2 Å². The lowest BCUT2D eigenvalue weighted by Gasteiger charge is -2.30. The minimum Gasteiger partial charge on any atom is -0.367 e. The number of halogens is 1. The molecule has 7 rings (SSSR count). The molecule has 11 heteroatoms. The van der Waals surface area contributed by atoms with E-state index >= 15 is 0 Å². The van der Waals surface area contributed by atoms with Crippen LogP contribution >= 0.6 is 0 Å². The average Bonchev–Trinajstić information content (AvgIpc) is 3.74. The van der Waals surface area contributed by atoms with Crippen molar-refractivity contribution in [3.63, 3.8) is 0 Å². The zero-order valence-electron chi connectivity index (χ0n) is 26.9. The van der Waals surface area contributed by atoms with Gasteiger partial charge in [-0.05, 0) is 78.9 Å². The number of fused-ring (bicyclic) bond motifs is 1. The van der Waals surface area contributed by atoms with Gasteiger partial charge < -0.3 is 15.0 Å². The molecule has 2 amide bonds.